The Labute approximate surface area is 136 Å². The number of rotatable bonds is 2. The Kier molecular flexibility index (Phi) is 5.23. The van der Waals surface area contributed by atoms with Gasteiger partial charge in [-0.15, -0.1) is 0 Å². The standard InChI is InChI=1S/C17H24FN3O2/c1-17(2,3)20-16(23)19-14-8-10-21(11-9-14)15(22)12-4-6-13(18)7-5-12/h4-7,14H,8-11H2,1-3H3,(H2,19,20,23). The van der Waals surface area contributed by atoms with Crippen LogP contribution in [0.1, 0.15) is 44.0 Å². The van der Waals surface area contributed by atoms with Crippen LogP contribution in [0.4, 0.5) is 9.18 Å². The molecule has 2 N–H and O–H groups in total. The molecule has 126 valence electrons. The second-order valence-electron chi connectivity index (χ2n) is 6.92. The summed E-state index contributed by atoms with van der Waals surface area (Å²) in [6.07, 6.45) is 1.43. The highest BCUT2D eigenvalue weighted by Crippen LogP contribution is 2.14. The van der Waals surface area contributed by atoms with Crippen LogP contribution in [0.25, 0.3) is 0 Å². The van der Waals surface area contributed by atoms with E-state index in [1.54, 1.807) is 4.90 Å². The number of nitrogens with zero attached hydrogens (tertiary/aromatic N) is 1. The second kappa shape index (κ2) is 6.98. The van der Waals surface area contributed by atoms with Gasteiger partial charge in [0.15, 0.2) is 0 Å². The van der Waals surface area contributed by atoms with Crippen LogP contribution >= 0.6 is 0 Å². The van der Waals surface area contributed by atoms with E-state index in [1.165, 1.54) is 24.3 Å². The number of carbonyl (C=O) groups is 2. The van der Waals surface area contributed by atoms with Crippen molar-refractivity contribution in [1.82, 2.24) is 15.5 Å². The van der Waals surface area contributed by atoms with Crippen LogP contribution in [0.3, 0.4) is 0 Å². The van der Waals surface area contributed by atoms with Crippen molar-refractivity contribution in [3.05, 3.63) is 35.6 Å². The largest absolute Gasteiger partial charge is 0.338 e. The SMILES string of the molecule is CC(C)(C)NC(=O)NC1CCN(C(=O)c2ccc(F)cc2)CC1. The number of urea groups is 1. The quantitative estimate of drug-likeness (QED) is 0.879. The van der Waals surface area contributed by atoms with Gasteiger partial charge >= 0.3 is 6.03 Å². The first-order valence-corrected chi connectivity index (χ1v) is 7.88. The third-order valence-electron chi connectivity index (χ3n) is 3.70. The fraction of sp³-hybridized carbons (Fsp3) is 0.529. The molecule has 1 aliphatic heterocycles. The molecule has 2 rings (SSSR count). The zero-order valence-electron chi connectivity index (χ0n) is 13.9. The van der Waals surface area contributed by atoms with E-state index in [0.29, 0.717) is 31.5 Å². The van der Waals surface area contributed by atoms with Crippen LogP contribution in [0.2, 0.25) is 0 Å². The molecule has 6 heteroatoms. The Bertz CT molecular complexity index is 558. The van der Waals surface area contributed by atoms with E-state index in [9.17, 15) is 14.0 Å². The maximum Gasteiger partial charge on any atom is 0.315 e. The fourth-order valence-corrected chi connectivity index (χ4v) is 2.56. The lowest BCUT2D eigenvalue weighted by molar-refractivity contribution is 0.0708. The number of amides is 3. The second-order valence-corrected chi connectivity index (χ2v) is 6.92. The van der Waals surface area contributed by atoms with Gasteiger partial charge in [0.1, 0.15) is 5.82 Å². The maximum absolute atomic E-state index is 12.9. The smallest absolute Gasteiger partial charge is 0.315 e. The predicted octanol–water partition coefficient (Wildman–Crippen LogP) is 2.53. The van der Waals surface area contributed by atoms with E-state index in [0.717, 1.165) is 0 Å². The number of nitrogens with one attached hydrogen (secondary N) is 2. The first-order chi connectivity index (χ1) is 10.7. The van der Waals surface area contributed by atoms with Crippen molar-refractivity contribution < 1.29 is 14.0 Å². The summed E-state index contributed by atoms with van der Waals surface area (Å²) in [6, 6.07) is 5.46. The molecule has 3 amide bonds. The summed E-state index contributed by atoms with van der Waals surface area (Å²) in [6.45, 7) is 6.94. The zero-order chi connectivity index (χ0) is 17.0. The number of halogens is 1. The monoisotopic (exact) mass is 321 g/mol. The van der Waals surface area contributed by atoms with Gasteiger partial charge in [0.05, 0.1) is 0 Å². The molecule has 5 nitrogen and oxygen atoms in total. The molecule has 0 aromatic heterocycles. The van der Waals surface area contributed by atoms with Gasteiger partial charge in [-0.25, -0.2) is 9.18 Å². The molecule has 1 aromatic carbocycles. The van der Waals surface area contributed by atoms with E-state index in [4.69, 9.17) is 0 Å². The first-order valence-electron chi connectivity index (χ1n) is 7.88. The summed E-state index contributed by atoms with van der Waals surface area (Å²) in [7, 11) is 0. The molecule has 0 aliphatic carbocycles. The van der Waals surface area contributed by atoms with Gasteiger partial charge in [0.25, 0.3) is 5.91 Å². The summed E-state index contributed by atoms with van der Waals surface area (Å²) >= 11 is 0. The van der Waals surface area contributed by atoms with Gasteiger partial charge in [-0.1, -0.05) is 0 Å². The molecular formula is C17H24FN3O2. The zero-order valence-corrected chi connectivity index (χ0v) is 13.9. The van der Waals surface area contributed by atoms with Gasteiger partial charge in [-0.3, -0.25) is 4.79 Å². The van der Waals surface area contributed by atoms with Crippen molar-refractivity contribution in [2.24, 2.45) is 0 Å². The number of hydrogen-bond acceptors (Lipinski definition) is 2. The van der Waals surface area contributed by atoms with Crippen molar-refractivity contribution in [2.75, 3.05) is 13.1 Å². The highest BCUT2D eigenvalue weighted by molar-refractivity contribution is 5.94. The summed E-state index contributed by atoms with van der Waals surface area (Å²) < 4.78 is 12.9. The molecule has 1 heterocycles. The van der Waals surface area contributed by atoms with Crippen LogP contribution in [-0.4, -0.2) is 41.5 Å². The summed E-state index contributed by atoms with van der Waals surface area (Å²) in [5.74, 6) is -0.447. The topological polar surface area (TPSA) is 61.4 Å². The third kappa shape index (κ3) is 5.23. The molecule has 1 aromatic rings. The fourth-order valence-electron chi connectivity index (χ4n) is 2.56. The van der Waals surface area contributed by atoms with Gasteiger partial charge < -0.3 is 15.5 Å². The molecule has 1 aliphatic rings. The lowest BCUT2D eigenvalue weighted by atomic mass is 10.0. The van der Waals surface area contributed by atoms with Crippen LogP contribution in [0.15, 0.2) is 24.3 Å². The molecular weight excluding hydrogens is 297 g/mol. The summed E-state index contributed by atoms with van der Waals surface area (Å²) in [5, 5.41) is 5.81. The number of likely N-dealkylation sites (tertiary alicyclic amines) is 1. The Morgan fingerprint density at radius 3 is 2.22 bits per heavy atom. The maximum atomic E-state index is 12.9. The Balaban J connectivity index is 1.83. The van der Waals surface area contributed by atoms with E-state index >= 15 is 0 Å². The average Bonchev–Trinajstić information content (AvgIpc) is 2.46. The van der Waals surface area contributed by atoms with Crippen molar-refractivity contribution >= 4 is 11.9 Å². The normalized spacial score (nSPS) is 16.1. The van der Waals surface area contributed by atoms with Crippen molar-refractivity contribution in [2.45, 2.75) is 45.2 Å². The highest BCUT2D eigenvalue weighted by Gasteiger charge is 2.25. The Morgan fingerprint density at radius 1 is 1.13 bits per heavy atom. The molecule has 1 fully saturated rings. The van der Waals surface area contributed by atoms with Crippen LogP contribution in [0.5, 0.6) is 0 Å². The van der Waals surface area contributed by atoms with Crippen molar-refractivity contribution in [1.29, 1.82) is 0 Å². The minimum Gasteiger partial charge on any atom is -0.338 e. The summed E-state index contributed by atoms with van der Waals surface area (Å²) in [4.78, 5) is 25.9. The number of carbonyl (C=O) groups excluding carboxylic acids is 2. The minimum atomic E-state index is -0.352. The molecule has 0 saturated carbocycles. The minimum absolute atomic E-state index is 0.0645. The molecule has 1 saturated heterocycles. The van der Waals surface area contributed by atoms with Gasteiger partial charge in [-0.05, 0) is 57.9 Å². The number of hydrogen-bond donors (Lipinski definition) is 2. The average molecular weight is 321 g/mol. The van der Waals surface area contributed by atoms with Gasteiger partial charge in [0, 0.05) is 30.2 Å². The van der Waals surface area contributed by atoms with Crippen LogP contribution in [0, 0.1) is 5.82 Å². The molecule has 0 spiro atoms. The molecule has 0 unspecified atom stereocenters. The van der Waals surface area contributed by atoms with Crippen molar-refractivity contribution in [3.8, 4) is 0 Å². The van der Waals surface area contributed by atoms with E-state index in [-0.39, 0.29) is 29.3 Å². The molecule has 0 radical (unpaired) electrons. The summed E-state index contributed by atoms with van der Waals surface area (Å²) in [5.41, 5.74) is 0.215. The van der Waals surface area contributed by atoms with Crippen molar-refractivity contribution in [3.63, 3.8) is 0 Å². The van der Waals surface area contributed by atoms with Gasteiger partial charge in [-0.2, -0.15) is 0 Å². The van der Waals surface area contributed by atoms with E-state index in [2.05, 4.69) is 10.6 Å². The molecule has 23 heavy (non-hydrogen) atoms. The lowest BCUT2D eigenvalue weighted by Crippen LogP contribution is -2.52. The lowest BCUT2D eigenvalue weighted by Gasteiger charge is -2.33. The van der Waals surface area contributed by atoms with Gasteiger partial charge in [0.2, 0.25) is 0 Å². The van der Waals surface area contributed by atoms with E-state index in [1.807, 2.05) is 20.8 Å². The van der Waals surface area contributed by atoms with Crippen LogP contribution < -0.4 is 10.6 Å². The van der Waals surface area contributed by atoms with Crippen LogP contribution in [-0.2, 0) is 0 Å². The van der Waals surface area contributed by atoms with E-state index < -0.39 is 0 Å². The highest BCUT2D eigenvalue weighted by atomic mass is 19.1. The third-order valence-corrected chi connectivity index (χ3v) is 3.70. The Morgan fingerprint density at radius 2 is 1.70 bits per heavy atom. The predicted molar refractivity (Wildman–Crippen MR) is 86.7 cm³/mol. The molecule has 0 atom stereocenters. The number of piperidine rings is 1. The Hall–Kier alpha value is -2.11. The molecule has 0 bridgehead atoms. The first kappa shape index (κ1) is 17.2. The number of benzene rings is 1.